The van der Waals surface area contributed by atoms with Gasteiger partial charge in [0.25, 0.3) is 0 Å². The van der Waals surface area contributed by atoms with E-state index >= 15 is 0 Å². The minimum absolute atomic E-state index is 0.393. The van der Waals surface area contributed by atoms with Crippen LogP contribution in [-0.4, -0.2) is 32.8 Å². The van der Waals surface area contributed by atoms with Crippen LogP contribution in [0.2, 0.25) is 0 Å². The average Bonchev–Trinajstić information content (AvgIpc) is 3.18. The molecule has 7 heteroatoms. The molecule has 0 fully saturated rings. The summed E-state index contributed by atoms with van der Waals surface area (Å²) in [4.78, 5) is 20.3. The Morgan fingerprint density at radius 1 is 1.08 bits per heavy atom. The molecule has 0 unspecified atom stereocenters. The van der Waals surface area contributed by atoms with Crippen LogP contribution in [0.25, 0.3) is 27.7 Å². The van der Waals surface area contributed by atoms with Crippen LogP contribution in [0.5, 0.6) is 0 Å². The van der Waals surface area contributed by atoms with Crippen LogP contribution in [0.4, 0.5) is 0 Å². The Bertz CT molecular complexity index is 1120. The number of methoxy groups -OCH3 is 1. The fourth-order valence-electron chi connectivity index (χ4n) is 2.74. The van der Waals surface area contributed by atoms with Crippen LogP contribution in [0.3, 0.4) is 0 Å². The smallest absolute Gasteiger partial charge is 0.339 e. The second kappa shape index (κ2) is 6.68. The SMILES string of the molecule is COC(=O)c1cncc(-c2cnn(-c3ncc(Br)c4ccccc34)c2)c1. The van der Waals surface area contributed by atoms with Crippen LogP contribution in [0, 0.1) is 0 Å². The maximum absolute atomic E-state index is 11.7. The molecule has 0 atom stereocenters. The Hall–Kier alpha value is -3.06. The topological polar surface area (TPSA) is 69.9 Å². The number of fused-ring (bicyclic) bond motifs is 1. The number of esters is 1. The van der Waals surface area contributed by atoms with Gasteiger partial charge >= 0.3 is 5.97 Å². The molecule has 3 heterocycles. The first kappa shape index (κ1) is 16.4. The molecule has 0 N–H and O–H groups in total. The quantitative estimate of drug-likeness (QED) is 0.478. The van der Waals surface area contributed by atoms with E-state index in [0.717, 1.165) is 32.2 Å². The van der Waals surface area contributed by atoms with Gasteiger partial charge in [-0.25, -0.2) is 14.5 Å². The first-order valence-electron chi connectivity index (χ1n) is 7.79. The van der Waals surface area contributed by atoms with Crippen LogP contribution in [0.15, 0.2) is 65.8 Å². The summed E-state index contributed by atoms with van der Waals surface area (Å²) in [6.45, 7) is 0. The molecule has 0 aliphatic carbocycles. The fraction of sp³-hybridized carbons (Fsp3) is 0.0526. The molecule has 0 aliphatic rings. The standard InChI is InChI=1S/C19H13BrN4O2/c1-26-19(25)13-6-12(7-21-8-13)14-9-23-24(11-14)18-16-5-3-2-4-15(16)17(20)10-22-18/h2-11H,1H3. The normalized spacial score (nSPS) is 10.8. The van der Waals surface area contributed by atoms with Gasteiger partial charge in [0.05, 0.1) is 18.9 Å². The van der Waals surface area contributed by atoms with Gasteiger partial charge in [0.2, 0.25) is 0 Å². The van der Waals surface area contributed by atoms with E-state index in [1.807, 2.05) is 30.5 Å². The number of hydrogen-bond acceptors (Lipinski definition) is 5. The molecule has 0 radical (unpaired) electrons. The number of carbonyl (C=O) groups is 1. The van der Waals surface area contributed by atoms with Gasteiger partial charge in [-0.1, -0.05) is 24.3 Å². The fourth-order valence-corrected chi connectivity index (χ4v) is 3.19. The minimum atomic E-state index is -0.424. The number of halogens is 1. The van der Waals surface area contributed by atoms with E-state index in [-0.39, 0.29) is 0 Å². The van der Waals surface area contributed by atoms with Crippen molar-refractivity contribution in [3.63, 3.8) is 0 Å². The number of nitrogens with zero attached hydrogens (tertiary/aromatic N) is 4. The van der Waals surface area contributed by atoms with E-state index in [1.165, 1.54) is 13.3 Å². The van der Waals surface area contributed by atoms with Crippen LogP contribution >= 0.6 is 15.9 Å². The number of ether oxygens (including phenoxy) is 1. The summed E-state index contributed by atoms with van der Waals surface area (Å²) in [5.74, 6) is 0.305. The molecule has 4 rings (SSSR count). The lowest BCUT2D eigenvalue weighted by Crippen LogP contribution is -2.01. The lowest BCUT2D eigenvalue weighted by molar-refractivity contribution is 0.0600. The van der Waals surface area contributed by atoms with Crippen LogP contribution in [0.1, 0.15) is 10.4 Å². The molecule has 1 aromatic carbocycles. The summed E-state index contributed by atoms with van der Waals surface area (Å²) in [5.41, 5.74) is 2.00. The highest BCUT2D eigenvalue weighted by molar-refractivity contribution is 9.10. The second-order valence-electron chi connectivity index (χ2n) is 5.60. The first-order chi connectivity index (χ1) is 12.7. The molecule has 0 spiro atoms. The zero-order valence-electron chi connectivity index (χ0n) is 13.8. The van der Waals surface area contributed by atoms with Crippen molar-refractivity contribution in [2.75, 3.05) is 7.11 Å². The van der Waals surface area contributed by atoms with Gasteiger partial charge in [-0.15, -0.1) is 0 Å². The van der Waals surface area contributed by atoms with E-state index in [2.05, 4.69) is 31.0 Å². The third-order valence-corrected chi connectivity index (χ3v) is 4.65. The van der Waals surface area contributed by atoms with E-state index < -0.39 is 5.97 Å². The van der Waals surface area contributed by atoms with Crippen molar-refractivity contribution in [2.24, 2.45) is 0 Å². The molecule has 128 valence electrons. The van der Waals surface area contributed by atoms with Gasteiger partial charge in [-0.05, 0) is 22.0 Å². The highest BCUT2D eigenvalue weighted by Gasteiger charge is 2.12. The largest absolute Gasteiger partial charge is 0.465 e. The zero-order chi connectivity index (χ0) is 18.1. The maximum atomic E-state index is 11.7. The molecule has 0 saturated carbocycles. The molecule has 4 aromatic rings. The van der Waals surface area contributed by atoms with Gasteiger partial charge in [0.1, 0.15) is 0 Å². The van der Waals surface area contributed by atoms with Gasteiger partial charge in [-0.3, -0.25) is 4.98 Å². The number of benzene rings is 1. The average molecular weight is 409 g/mol. The van der Waals surface area contributed by atoms with Gasteiger partial charge in [-0.2, -0.15) is 5.10 Å². The van der Waals surface area contributed by atoms with Gasteiger partial charge in [0, 0.05) is 51.2 Å². The Morgan fingerprint density at radius 3 is 2.69 bits per heavy atom. The van der Waals surface area contributed by atoms with Gasteiger partial charge < -0.3 is 4.74 Å². The lowest BCUT2D eigenvalue weighted by Gasteiger charge is -2.07. The highest BCUT2D eigenvalue weighted by Crippen LogP contribution is 2.28. The van der Waals surface area contributed by atoms with E-state index in [0.29, 0.717) is 5.56 Å². The minimum Gasteiger partial charge on any atom is -0.465 e. The molecule has 3 aromatic heterocycles. The Morgan fingerprint density at radius 2 is 1.88 bits per heavy atom. The van der Waals surface area contributed by atoms with Crippen molar-refractivity contribution < 1.29 is 9.53 Å². The number of carbonyl (C=O) groups excluding carboxylic acids is 1. The third-order valence-electron chi connectivity index (χ3n) is 4.02. The number of rotatable bonds is 3. The van der Waals surface area contributed by atoms with Crippen molar-refractivity contribution >= 4 is 32.7 Å². The zero-order valence-corrected chi connectivity index (χ0v) is 15.3. The van der Waals surface area contributed by atoms with Crippen molar-refractivity contribution in [3.8, 4) is 16.9 Å². The molecular formula is C19H13BrN4O2. The number of hydrogen-bond donors (Lipinski definition) is 0. The van der Waals surface area contributed by atoms with Crippen molar-refractivity contribution in [1.29, 1.82) is 0 Å². The predicted octanol–water partition coefficient (Wildman–Crippen LogP) is 4.03. The molecular weight excluding hydrogens is 396 g/mol. The molecule has 0 amide bonds. The van der Waals surface area contributed by atoms with Crippen molar-refractivity contribution in [2.45, 2.75) is 0 Å². The molecule has 0 saturated heterocycles. The summed E-state index contributed by atoms with van der Waals surface area (Å²) in [7, 11) is 1.34. The monoisotopic (exact) mass is 408 g/mol. The van der Waals surface area contributed by atoms with E-state index in [9.17, 15) is 4.79 Å². The Kier molecular flexibility index (Phi) is 4.22. The summed E-state index contributed by atoms with van der Waals surface area (Å²) in [5, 5.41) is 6.48. The van der Waals surface area contributed by atoms with Crippen LogP contribution in [-0.2, 0) is 4.74 Å². The highest BCUT2D eigenvalue weighted by atomic mass is 79.9. The Labute approximate surface area is 157 Å². The van der Waals surface area contributed by atoms with E-state index in [1.54, 1.807) is 29.3 Å². The van der Waals surface area contributed by atoms with Crippen LogP contribution < -0.4 is 0 Å². The number of pyridine rings is 2. The number of aromatic nitrogens is 4. The predicted molar refractivity (Wildman–Crippen MR) is 101 cm³/mol. The second-order valence-corrected chi connectivity index (χ2v) is 6.46. The molecule has 0 aliphatic heterocycles. The van der Waals surface area contributed by atoms with Crippen molar-refractivity contribution in [3.05, 3.63) is 71.4 Å². The lowest BCUT2D eigenvalue weighted by atomic mass is 10.1. The molecule has 0 bridgehead atoms. The third kappa shape index (κ3) is 2.86. The van der Waals surface area contributed by atoms with E-state index in [4.69, 9.17) is 4.74 Å². The molecule has 26 heavy (non-hydrogen) atoms. The summed E-state index contributed by atoms with van der Waals surface area (Å²) in [6.07, 6.45) is 8.50. The van der Waals surface area contributed by atoms with Crippen molar-refractivity contribution in [1.82, 2.24) is 19.7 Å². The summed E-state index contributed by atoms with van der Waals surface area (Å²) < 4.78 is 7.39. The summed E-state index contributed by atoms with van der Waals surface area (Å²) in [6, 6.07) is 9.71. The van der Waals surface area contributed by atoms with Gasteiger partial charge in [0.15, 0.2) is 5.82 Å². The first-order valence-corrected chi connectivity index (χ1v) is 8.58. The Balaban J connectivity index is 1.78. The maximum Gasteiger partial charge on any atom is 0.339 e. The summed E-state index contributed by atoms with van der Waals surface area (Å²) >= 11 is 3.53. The molecule has 6 nitrogen and oxygen atoms in total.